The molecule has 6 heteroatoms. The van der Waals surface area contributed by atoms with Gasteiger partial charge in [0.1, 0.15) is 11.2 Å². The molecule has 0 aromatic heterocycles. The van der Waals surface area contributed by atoms with E-state index in [-0.39, 0.29) is 10.9 Å². The van der Waals surface area contributed by atoms with Crippen LogP contribution in [0.2, 0.25) is 5.02 Å². The van der Waals surface area contributed by atoms with Crippen molar-refractivity contribution in [3.63, 3.8) is 0 Å². The molecule has 0 fully saturated rings. The molecule has 0 aliphatic rings. The van der Waals surface area contributed by atoms with Crippen LogP contribution in [0.15, 0.2) is 42.5 Å². The molecule has 2 N–H and O–H groups in total. The van der Waals surface area contributed by atoms with Crippen molar-refractivity contribution in [2.24, 2.45) is 5.41 Å². The second-order valence-electron chi connectivity index (χ2n) is 6.90. The lowest BCUT2D eigenvalue weighted by Crippen LogP contribution is -2.41. The third-order valence-corrected chi connectivity index (χ3v) is 4.43. The molecule has 0 aliphatic carbocycles. The van der Waals surface area contributed by atoms with E-state index < -0.39 is 23.0 Å². The van der Waals surface area contributed by atoms with Gasteiger partial charge in [0, 0.05) is 11.4 Å². The fourth-order valence-corrected chi connectivity index (χ4v) is 2.54. The SMILES string of the molecule is CC(C)c1ccccc1NC(=O)C(C)(C)C(=O)Nc1ccc(F)c(Cl)c1. The summed E-state index contributed by atoms with van der Waals surface area (Å²) in [4.78, 5) is 25.3. The lowest BCUT2D eigenvalue weighted by Gasteiger charge is -2.24. The number of nitrogens with one attached hydrogen (secondary N) is 2. The van der Waals surface area contributed by atoms with Crippen LogP contribution < -0.4 is 10.6 Å². The number of para-hydroxylation sites is 1. The maximum atomic E-state index is 13.2. The molecule has 0 radical (unpaired) electrons. The number of hydrogen-bond acceptors (Lipinski definition) is 2. The number of rotatable bonds is 5. The first-order chi connectivity index (χ1) is 12.1. The van der Waals surface area contributed by atoms with Crippen LogP contribution in [-0.2, 0) is 9.59 Å². The molecule has 0 unspecified atom stereocenters. The zero-order chi connectivity index (χ0) is 19.5. The zero-order valence-electron chi connectivity index (χ0n) is 15.2. The molecule has 0 aliphatic heterocycles. The fraction of sp³-hybridized carbons (Fsp3) is 0.300. The first-order valence-electron chi connectivity index (χ1n) is 8.29. The van der Waals surface area contributed by atoms with Crippen molar-refractivity contribution < 1.29 is 14.0 Å². The first kappa shape index (κ1) is 19.9. The molecule has 0 bridgehead atoms. The van der Waals surface area contributed by atoms with E-state index in [1.807, 2.05) is 32.0 Å². The minimum Gasteiger partial charge on any atom is -0.325 e. The molecule has 0 spiro atoms. The van der Waals surface area contributed by atoms with Crippen molar-refractivity contribution in [2.75, 3.05) is 10.6 Å². The molecule has 0 saturated carbocycles. The standard InChI is InChI=1S/C20H22ClFN2O2/c1-12(2)14-7-5-6-8-17(14)24-19(26)20(3,4)18(25)23-13-9-10-16(22)15(21)11-13/h5-12H,1-4H3,(H,23,25)(H,24,26). The Kier molecular flexibility index (Phi) is 6.03. The predicted octanol–water partition coefficient (Wildman–Crippen LogP) is 5.21. The average molecular weight is 377 g/mol. The van der Waals surface area contributed by atoms with Gasteiger partial charge in [0.05, 0.1) is 5.02 Å². The van der Waals surface area contributed by atoms with Crippen LogP contribution in [0.3, 0.4) is 0 Å². The quantitative estimate of drug-likeness (QED) is 0.704. The van der Waals surface area contributed by atoms with E-state index in [0.717, 1.165) is 11.6 Å². The molecular weight excluding hydrogens is 355 g/mol. The van der Waals surface area contributed by atoms with Crippen molar-refractivity contribution in [1.82, 2.24) is 0 Å². The summed E-state index contributed by atoms with van der Waals surface area (Å²) in [5, 5.41) is 5.34. The molecule has 2 aromatic rings. The van der Waals surface area contributed by atoms with Gasteiger partial charge in [0.2, 0.25) is 11.8 Å². The smallest absolute Gasteiger partial charge is 0.239 e. The Morgan fingerprint density at radius 2 is 1.65 bits per heavy atom. The van der Waals surface area contributed by atoms with Gasteiger partial charge < -0.3 is 10.6 Å². The van der Waals surface area contributed by atoms with Crippen LogP contribution in [0, 0.1) is 11.2 Å². The van der Waals surface area contributed by atoms with Crippen LogP contribution in [-0.4, -0.2) is 11.8 Å². The summed E-state index contributed by atoms with van der Waals surface area (Å²) >= 11 is 5.72. The van der Waals surface area contributed by atoms with E-state index in [4.69, 9.17) is 11.6 Å². The van der Waals surface area contributed by atoms with Crippen LogP contribution in [0.25, 0.3) is 0 Å². The van der Waals surface area contributed by atoms with Crippen LogP contribution >= 0.6 is 11.6 Å². The van der Waals surface area contributed by atoms with Gasteiger partial charge >= 0.3 is 0 Å². The predicted molar refractivity (Wildman–Crippen MR) is 103 cm³/mol. The Balaban J connectivity index is 2.16. The molecule has 2 aromatic carbocycles. The van der Waals surface area contributed by atoms with Crippen molar-refractivity contribution in [2.45, 2.75) is 33.6 Å². The Hall–Kier alpha value is -2.40. The van der Waals surface area contributed by atoms with Crippen molar-refractivity contribution >= 4 is 34.8 Å². The summed E-state index contributed by atoms with van der Waals surface area (Å²) in [5.74, 6) is -1.30. The summed E-state index contributed by atoms with van der Waals surface area (Å²) in [6.45, 7) is 7.11. The highest BCUT2D eigenvalue weighted by atomic mass is 35.5. The second kappa shape index (κ2) is 7.87. The number of carbonyl (C=O) groups is 2. The van der Waals surface area contributed by atoms with Gasteiger partial charge in [-0.25, -0.2) is 4.39 Å². The molecule has 0 saturated heterocycles. The van der Waals surface area contributed by atoms with Gasteiger partial charge in [-0.2, -0.15) is 0 Å². The molecule has 138 valence electrons. The van der Waals surface area contributed by atoms with Crippen LogP contribution in [0.5, 0.6) is 0 Å². The van der Waals surface area contributed by atoms with E-state index in [1.165, 1.54) is 26.0 Å². The maximum Gasteiger partial charge on any atom is 0.239 e. The molecule has 4 nitrogen and oxygen atoms in total. The van der Waals surface area contributed by atoms with Crippen LogP contribution in [0.4, 0.5) is 15.8 Å². The number of benzene rings is 2. The highest BCUT2D eigenvalue weighted by molar-refractivity contribution is 6.31. The van der Waals surface area contributed by atoms with Gasteiger partial charge in [-0.1, -0.05) is 43.6 Å². The Morgan fingerprint density at radius 3 is 2.27 bits per heavy atom. The van der Waals surface area contributed by atoms with Crippen molar-refractivity contribution in [1.29, 1.82) is 0 Å². The Morgan fingerprint density at radius 1 is 1.04 bits per heavy atom. The molecular formula is C20H22ClFN2O2. The molecule has 0 atom stereocenters. The highest BCUT2D eigenvalue weighted by Gasteiger charge is 2.36. The average Bonchev–Trinajstić information content (AvgIpc) is 2.58. The van der Waals surface area contributed by atoms with E-state index in [9.17, 15) is 14.0 Å². The van der Waals surface area contributed by atoms with Crippen molar-refractivity contribution in [3.05, 3.63) is 58.9 Å². The maximum absolute atomic E-state index is 13.2. The fourth-order valence-electron chi connectivity index (χ4n) is 2.36. The highest BCUT2D eigenvalue weighted by Crippen LogP contribution is 2.27. The Bertz CT molecular complexity index is 834. The monoisotopic (exact) mass is 376 g/mol. The molecule has 26 heavy (non-hydrogen) atoms. The third kappa shape index (κ3) is 4.41. The van der Waals surface area contributed by atoms with E-state index in [2.05, 4.69) is 10.6 Å². The van der Waals surface area contributed by atoms with Gasteiger partial charge in [-0.15, -0.1) is 0 Å². The molecule has 2 rings (SSSR count). The summed E-state index contributed by atoms with van der Waals surface area (Å²) in [6, 6.07) is 11.3. The topological polar surface area (TPSA) is 58.2 Å². The van der Waals surface area contributed by atoms with Crippen molar-refractivity contribution in [3.8, 4) is 0 Å². The number of anilines is 2. The van der Waals surface area contributed by atoms with Gasteiger partial charge in [0.25, 0.3) is 0 Å². The normalized spacial score (nSPS) is 11.3. The van der Waals surface area contributed by atoms with E-state index in [0.29, 0.717) is 11.4 Å². The first-order valence-corrected chi connectivity index (χ1v) is 8.67. The number of hydrogen-bond donors (Lipinski definition) is 2. The van der Waals surface area contributed by atoms with E-state index >= 15 is 0 Å². The number of halogens is 2. The Labute approximate surface area is 157 Å². The van der Waals surface area contributed by atoms with Gasteiger partial charge in [-0.05, 0) is 49.6 Å². The molecule has 0 heterocycles. The van der Waals surface area contributed by atoms with Gasteiger partial charge in [-0.3, -0.25) is 9.59 Å². The molecule has 2 amide bonds. The minimum absolute atomic E-state index is 0.101. The van der Waals surface area contributed by atoms with Gasteiger partial charge in [0.15, 0.2) is 0 Å². The lowest BCUT2D eigenvalue weighted by molar-refractivity contribution is -0.135. The zero-order valence-corrected chi connectivity index (χ0v) is 15.9. The minimum atomic E-state index is -1.34. The second-order valence-corrected chi connectivity index (χ2v) is 7.31. The number of amides is 2. The summed E-state index contributed by atoms with van der Waals surface area (Å²) in [5.41, 5.74) is 0.649. The number of carbonyl (C=O) groups excluding carboxylic acids is 2. The summed E-state index contributed by atoms with van der Waals surface area (Å²) < 4.78 is 13.2. The van der Waals surface area contributed by atoms with Crippen LogP contribution in [0.1, 0.15) is 39.2 Å². The summed E-state index contributed by atoms with van der Waals surface area (Å²) in [7, 11) is 0. The summed E-state index contributed by atoms with van der Waals surface area (Å²) in [6.07, 6.45) is 0. The lowest BCUT2D eigenvalue weighted by atomic mass is 9.90. The van der Waals surface area contributed by atoms with E-state index in [1.54, 1.807) is 6.07 Å². The largest absolute Gasteiger partial charge is 0.325 e. The third-order valence-electron chi connectivity index (χ3n) is 4.14.